The number of amides is 1. The van der Waals surface area contributed by atoms with Crippen LogP contribution in [0, 0.1) is 13.8 Å². The van der Waals surface area contributed by atoms with Gasteiger partial charge < -0.3 is 14.8 Å². The molecule has 2 aromatic rings. The van der Waals surface area contributed by atoms with E-state index in [-0.39, 0.29) is 10.8 Å². The zero-order valence-electron chi connectivity index (χ0n) is 17.4. The molecule has 0 aromatic heterocycles. The molecule has 0 spiro atoms. The van der Waals surface area contributed by atoms with Gasteiger partial charge in [0.25, 0.3) is 0 Å². The van der Waals surface area contributed by atoms with Crippen LogP contribution in [0.25, 0.3) is 0 Å². The van der Waals surface area contributed by atoms with E-state index in [2.05, 4.69) is 16.1 Å². The van der Waals surface area contributed by atoms with E-state index >= 15 is 0 Å². The lowest BCUT2D eigenvalue weighted by Gasteiger charge is -2.18. The molecule has 8 heteroatoms. The number of hydrogen-bond donors (Lipinski definition) is 2. The maximum absolute atomic E-state index is 12.4. The van der Waals surface area contributed by atoms with E-state index < -0.39 is 10.0 Å². The average Bonchev–Trinajstić information content (AvgIpc) is 2.69. The largest absolute Gasteiger partial charge is 0.486 e. The Kier molecular flexibility index (Phi) is 7.33. The van der Waals surface area contributed by atoms with Gasteiger partial charge >= 0.3 is 0 Å². The van der Waals surface area contributed by atoms with Crippen molar-refractivity contribution in [2.24, 2.45) is 0 Å². The van der Waals surface area contributed by atoms with Crippen molar-refractivity contribution in [1.82, 2.24) is 4.72 Å². The molecule has 0 bridgehead atoms. The second-order valence-electron chi connectivity index (χ2n) is 7.44. The minimum atomic E-state index is -3.61. The standard InChI is InChI=1S/C22H28N2O5S/c1-16-12-17(2)14-18(13-16)24-22(25)6-4-3-5-9-23-30(26,27)19-7-8-20-21(15-19)29-11-10-28-20/h7-8,12-15,23H,3-6,9-11H2,1-2H3,(H,24,25). The monoisotopic (exact) mass is 432 g/mol. The van der Waals surface area contributed by atoms with E-state index in [9.17, 15) is 13.2 Å². The minimum absolute atomic E-state index is 0.0307. The molecule has 2 aromatic carbocycles. The number of anilines is 1. The second kappa shape index (κ2) is 9.95. The fourth-order valence-electron chi connectivity index (χ4n) is 3.34. The van der Waals surface area contributed by atoms with Gasteiger partial charge in [0.2, 0.25) is 15.9 Å². The van der Waals surface area contributed by atoms with Gasteiger partial charge in [-0.3, -0.25) is 4.79 Å². The maximum atomic E-state index is 12.4. The van der Waals surface area contributed by atoms with Gasteiger partial charge in [0.1, 0.15) is 13.2 Å². The quantitative estimate of drug-likeness (QED) is 0.591. The normalized spacial score (nSPS) is 13.1. The summed E-state index contributed by atoms with van der Waals surface area (Å²) in [6.45, 7) is 5.17. The Morgan fingerprint density at radius 1 is 0.933 bits per heavy atom. The van der Waals surface area contributed by atoms with Crippen molar-refractivity contribution in [2.75, 3.05) is 25.1 Å². The lowest BCUT2D eigenvalue weighted by molar-refractivity contribution is -0.116. The summed E-state index contributed by atoms with van der Waals surface area (Å²) < 4.78 is 38.3. The third kappa shape index (κ3) is 6.21. The highest BCUT2D eigenvalue weighted by Crippen LogP contribution is 2.32. The Balaban J connectivity index is 1.38. The van der Waals surface area contributed by atoms with Crippen LogP contribution in [0.2, 0.25) is 0 Å². The van der Waals surface area contributed by atoms with Crippen molar-refractivity contribution >= 4 is 21.6 Å². The van der Waals surface area contributed by atoms with Gasteiger partial charge in [-0.2, -0.15) is 0 Å². The molecule has 2 N–H and O–H groups in total. The Morgan fingerprint density at radius 3 is 2.37 bits per heavy atom. The number of carbonyl (C=O) groups excluding carboxylic acids is 1. The Morgan fingerprint density at radius 2 is 1.63 bits per heavy atom. The minimum Gasteiger partial charge on any atom is -0.486 e. The lowest BCUT2D eigenvalue weighted by Crippen LogP contribution is -2.25. The number of nitrogens with one attached hydrogen (secondary N) is 2. The first kappa shape index (κ1) is 22.1. The molecule has 0 radical (unpaired) electrons. The summed E-state index contributed by atoms with van der Waals surface area (Å²) >= 11 is 0. The van der Waals surface area contributed by atoms with Crippen LogP contribution in [-0.4, -0.2) is 34.1 Å². The first-order chi connectivity index (χ1) is 14.3. The first-order valence-electron chi connectivity index (χ1n) is 10.1. The summed E-state index contributed by atoms with van der Waals surface area (Å²) in [5.41, 5.74) is 3.02. The van der Waals surface area contributed by atoms with Gasteiger partial charge in [0.15, 0.2) is 11.5 Å². The van der Waals surface area contributed by atoms with E-state index in [1.165, 1.54) is 12.1 Å². The summed E-state index contributed by atoms with van der Waals surface area (Å²) in [5, 5.41) is 2.91. The predicted molar refractivity (Wildman–Crippen MR) is 116 cm³/mol. The molecule has 0 unspecified atom stereocenters. The molecule has 1 aliphatic rings. The van der Waals surface area contributed by atoms with Crippen molar-refractivity contribution < 1.29 is 22.7 Å². The van der Waals surface area contributed by atoms with E-state index in [1.54, 1.807) is 6.07 Å². The van der Waals surface area contributed by atoms with Crippen LogP contribution < -0.4 is 19.5 Å². The molecule has 7 nitrogen and oxygen atoms in total. The highest BCUT2D eigenvalue weighted by molar-refractivity contribution is 7.89. The third-order valence-electron chi connectivity index (χ3n) is 4.70. The first-order valence-corrected chi connectivity index (χ1v) is 11.6. The highest BCUT2D eigenvalue weighted by Gasteiger charge is 2.18. The van der Waals surface area contributed by atoms with Gasteiger partial charge in [-0.25, -0.2) is 13.1 Å². The number of aryl methyl sites for hydroxylation is 2. The summed E-state index contributed by atoms with van der Waals surface area (Å²) in [6, 6.07) is 10.5. The number of hydrogen-bond acceptors (Lipinski definition) is 5. The van der Waals surface area contributed by atoms with Gasteiger partial charge in [-0.05, 0) is 62.1 Å². The van der Waals surface area contributed by atoms with E-state index in [1.807, 2.05) is 26.0 Å². The topological polar surface area (TPSA) is 93.7 Å². The molecule has 1 aliphatic heterocycles. The molecule has 0 saturated heterocycles. The fraction of sp³-hybridized carbons (Fsp3) is 0.409. The van der Waals surface area contributed by atoms with Crippen molar-refractivity contribution in [3.05, 3.63) is 47.5 Å². The SMILES string of the molecule is Cc1cc(C)cc(NC(=O)CCCCCNS(=O)(=O)c2ccc3c(c2)OCCO3)c1. The second-order valence-corrected chi connectivity index (χ2v) is 9.21. The zero-order chi connectivity index (χ0) is 21.6. The van der Waals surface area contributed by atoms with Gasteiger partial charge in [0.05, 0.1) is 4.90 Å². The van der Waals surface area contributed by atoms with Crippen LogP contribution in [0.4, 0.5) is 5.69 Å². The predicted octanol–water partition coefficient (Wildman–Crippen LogP) is 3.55. The van der Waals surface area contributed by atoms with Crippen molar-refractivity contribution in [2.45, 2.75) is 44.4 Å². The molecule has 0 fully saturated rings. The third-order valence-corrected chi connectivity index (χ3v) is 6.16. The van der Waals surface area contributed by atoms with Gasteiger partial charge in [-0.15, -0.1) is 0 Å². The van der Waals surface area contributed by atoms with Crippen molar-refractivity contribution in [3.63, 3.8) is 0 Å². The number of sulfonamides is 1. The maximum Gasteiger partial charge on any atom is 0.240 e. The Hall–Kier alpha value is -2.58. The molecule has 0 atom stereocenters. The van der Waals surface area contributed by atoms with E-state index in [0.29, 0.717) is 50.5 Å². The van der Waals surface area contributed by atoms with Crippen molar-refractivity contribution in [1.29, 1.82) is 0 Å². The number of fused-ring (bicyclic) bond motifs is 1. The lowest BCUT2D eigenvalue weighted by atomic mass is 10.1. The number of ether oxygens (including phenoxy) is 2. The summed E-state index contributed by atoms with van der Waals surface area (Å²) in [4.78, 5) is 12.2. The molecule has 1 heterocycles. The van der Waals surface area contributed by atoms with Crippen molar-refractivity contribution in [3.8, 4) is 11.5 Å². The number of carbonyl (C=O) groups is 1. The molecule has 3 rings (SSSR count). The molecule has 0 aliphatic carbocycles. The Labute approximate surface area is 177 Å². The highest BCUT2D eigenvalue weighted by atomic mass is 32.2. The summed E-state index contributed by atoms with van der Waals surface area (Å²) in [5.74, 6) is 0.968. The number of unbranched alkanes of at least 4 members (excludes halogenated alkanes) is 2. The molecule has 1 amide bonds. The van der Waals surface area contributed by atoms with Gasteiger partial charge in [0, 0.05) is 24.7 Å². The smallest absolute Gasteiger partial charge is 0.240 e. The Bertz CT molecular complexity index is 984. The van der Waals surface area contributed by atoms with Crippen LogP contribution >= 0.6 is 0 Å². The van der Waals surface area contributed by atoms with Crippen LogP contribution in [0.5, 0.6) is 11.5 Å². The van der Waals surface area contributed by atoms with Crippen LogP contribution in [0.1, 0.15) is 36.8 Å². The van der Waals surface area contributed by atoms with E-state index in [0.717, 1.165) is 23.2 Å². The van der Waals surface area contributed by atoms with Gasteiger partial charge in [-0.1, -0.05) is 12.5 Å². The number of benzene rings is 2. The molecular weight excluding hydrogens is 404 g/mol. The van der Waals surface area contributed by atoms with E-state index in [4.69, 9.17) is 9.47 Å². The molecular formula is C22H28N2O5S. The summed E-state index contributed by atoms with van der Waals surface area (Å²) in [6.07, 6.45) is 2.51. The number of rotatable bonds is 9. The molecule has 0 saturated carbocycles. The molecule has 30 heavy (non-hydrogen) atoms. The van der Waals surface area contributed by atoms with Crippen LogP contribution in [0.15, 0.2) is 41.3 Å². The van der Waals surface area contributed by atoms with Crippen LogP contribution in [-0.2, 0) is 14.8 Å². The fourth-order valence-corrected chi connectivity index (χ4v) is 4.43. The zero-order valence-corrected chi connectivity index (χ0v) is 18.2. The summed E-state index contributed by atoms with van der Waals surface area (Å²) in [7, 11) is -3.61. The van der Waals surface area contributed by atoms with Crippen LogP contribution in [0.3, 0.4) is 0 Å². The average molecular weight is 433 g/mol. The molecule has 162 valence electrons.